The maximum absolute atomic E-state index is 4.04. The maximum Gasteiger partial charge on any atom is 0.00701 e. The number of benzene rings is 1. The number of unbranched alkanes of at least 4 members (excludes halogenated alkanes) is 7. The molecule has 0 radical (unpaired) electrons. The highest BCUT2D eigenvalue weighted by Gasteiger charge is 2.60. The minimum Gasteiger partial charge on any atom is -0.317 e. The van der Waals surface area contributed by atoms with Crippen molar-refractivity contribution in [1.29, 1.82) is 0 Å². The molecule has 1 aromatic carbocycles. The Bertz CT molecular complexity index is 1020. The van der Waals surface area contributed by atoms with Crippen LogP contribution < -0.4 is 10.6 Å². The second kappa shape index (κ2) is 19.1. The second-order valence-corrected chi connectivity index (χ2v) is 18.8. The Balaban J connectivity index is 0.898. The van der Waals surface area contributed by atoms with Gasteiger partial charge in [-0.2, -0.15) is 0 Å². The molecule has 4 fully saturated rings. The van der Waals surface area contributed by atoms with Gasteiger partial charge in [-0.3, -0.25) is 0 Å². The van der Waals surface area contributed by atoms with Crippen molar-refractivity contribution in [2.45, 2.75) is 182 Å². The van der Waals surface area contributed by atoms with Crippen LogP contribution in [0.5, 0.6) is 0 Å². The number of aryl methyl sites for hydroxylation is 1. The highest BCUT2D eigenvalue weighted by molar-refractivity contribution is 5.14. The SMILES string of the molecule is CC(C)CCC[C@@H](C)[C@H]1CCC2C3CC[C@H]4C[C@@H](NCCCNCCCCCCCCCCc5ccccc5)CC[C@]4(C)C3CC[C@@]21C. The first-order valence-corrected chi connectivity index (χ1v) is 21.8. The van der Waals surface area contributed by atoms with E-state index < -0.39 is 0 Å². The van der Waals surface area contributed by atoms with Crippen molar-refractivity contribution < 1.29 is 0 Å². The zero-order valence-corrected chi connectivity index (χ0v) is 32.7. The summed E-state index contributed by atoms with van der Waals surface area (Å²) >= 11 is 0. The summed E-state index contributed by atoms with van der Waals surface area (Å²) in [6.45, 7) is 16.6. The fraction of sp³-hybridized carbons (Fsp3) is 0.870. The van der Waals surface area contributed by atoms with Crippen molar-refractivity contribution in [2.75, 3.05) is 19.6 Å². The van der Waals surface area contributed by atoms with Crippen molar-refractivity contribution in [1.82, 2.24) is 10.6 Å². The number of fused-ring (bicyclic) bond motifs is 5. The Morgan fingerprint density at radius 3 is 2.10 bits per heavy atom. The van der Waals surface area contributed by atoms with Crippen LogP contribution in [0.2, 0.25) is 0 Å². The Kier molecular flexibility index (Phi) is 15.3. The first-order chi connectivity index (χ1) is 23.3. The molecule has 4 aliphatic carbocycles. The van der Waals surface area contributed by atoms with Crippen molar-refractivity contribution in [2.24, 2.45) is 52.3 Å². The van der Waals surface area contributed by atoms with E-state index in [2.05, 4.69) is 75.6 Å². The van der Waals surface area contributed by atoms with E-state index in [0.717, 1.165) is 47.5 Å². The van der Waals surface area contributed by atoms with Crippen molar-refractivity contribution in [3.63, 3.8) is 0 Å². The largest absolute Gasteiger partial charge is 0.317 e. The van der Waals surface area contributed by atoms with Crippen LogP contribution in [0.4, 0.5) is 0 Å². The molecule has 2 heteroatoms. The van der Waals surface area contributed by atoms with Crippen LogP contribution in [0.3, 0.4) is 0 Å². The summed E-state index contributed by atoms with van der Waals surface area (Å²) in [5.41, 5.74) is 2.76. The van der Waals surface area contributed by atoms with Crippen molar-refractivity contribution in [3.05, 3.63) is 35.9 Å². The molecule has 0 heterocycles. The molecule has 5 rings (SSSR count). The van der Waals surface area contributed by atoms with Gasteiger partial charge in [-0.1, -0.05) is 123 Å². The summed E-state index contributed by atoms with van der Waals surface area (Å²) < 4.78 is 0. The predicted octanol–water partition coefficient (Wildman–Crippen LogP) is 12.4. The first-order valence-electron chi connectivity index (χ1n) is 21.8. The van der Waals surface area contributed by atoms with E-state index in [0.29, 0.717) is 10.8 Å². The normalized spacial score (nSPS) is 33.7. The monoisotopic (exact) mass is 661 g/mol. The van der Waals surface area contributed by atoms with E-state index in [4.69, 9.17) is 0 Å². The van der Waals surface area contributed by atoms with Crippen LogP contribution >= 0.6 is 0 Å². The summed E-state index contributed by atoms with van der Waals surface area (Å²) in [5.74, 6) is 6.82. The van der Waals surface area contributed by atoms with E-state index in [1.807, 2.05) is 0 Å². The zero-order valence-electron chi connectivity index (χ0n) is 32.7. The third kappa shape index (κ3) is 10.1. The molecule has 0 spiro atoms. The summed E-state index contributed by atoms with van der Waals surface area (Å²) in [6, 6.07) is 11.8. The lowest BCUT2D eigenvalue weighted by Crippen LogP contribution is -2.55. The summed E-state index contributed by atoms with van der Waals surface area (Å²) in [5, 5.41) is 7.78. The number of nitrogens with one attached hydrogen (secondary N) is 2. The van der Waals surface area contributed by atoms with Crippen molar-refractivity contribution >= 4 is 0 Å². The van der Waals surface area contributed by atoms with Gasteiger partial charge in [0.25, 0.3) is 0 Å². The molecule has 0 bridgehead atoms. The van der Waals surface area contributed by atoms with E-state index in [1.54, 1.807) is 19.3 Å². The summed E-state index contributed by atoms with van der Waals surface area (Å²) in [7, 11) is 0. The second-order valence-electron chi connectivity index (χ2n) is 18.8. The quantitative estimate of drug-likeness (QED) is 0.128. The smallest absolute Gasteiger partial charge is 0.00701 e. The molecule has 4 saturated carbocycles. The number of hydrogen-bond donors (Lipinski definition) is 2. The standard InChI is InChI=1S/C46H80N2/c1-36(2)19-17-20-37(3)42-26-27-43-41-25-24-39-35-40(28-30-45(39,4)44(41)29-31-46(42,43)5)48-34-18-33-47-32-16-11-9-7-6-8-10-13-21-38-22-14-12-15-23-38/h12,14-15,22-23,36-37,39-44,47-48H,6-11,13,16-21,24-35H2,1-5H3/t37-,39+,40+,41?,42-,43?,44?,45+,46-/m1/s1. The first kappa shape index (κ1) is 38.4. The zero-order chi connectivity index (χ0) is 33.8. The van der Waals surface area contributed by atoms with E-state index >= 15 is 0 Å². The average Bonchev–Trinajstić information content (AvgIpc) is 3.44. The lowest BCUT2D eigenvalue weighted by Gasteiger charge is -2.61. The average molecular weight is 661 g/mol. The van der Waals surface area contributed by atoms with Gasteiger partial charge in [0.1, 0.15) is 0 Å². The van der Waals surface area contributed by atoms with Gasteiger partial charge < -0.3 is 10.6 Å². The van der Waals surface area contributed by atoms with Crippen LogP contribution in [-0.2, 0) is 6.42 Å². The Hall–Kier alpha value is -0.860. The molecule has 274 valence electrons. The molecule has 4 aliphatic rings. The van der Waals surface area contributed by atoms with Gasteiger partial charge in [-0.15, -0.1) is 0 Å². The molecule has 48 heavy (non-hydrogen) atoms. The number of hydrogen-bond acceptors (Lipinski definition) is 2. The molecule has 3 unspecified atom stereocenters. The van der Waals surface area contributed by atoms with Gasteiger partial charge in [0.15, 0.2) is 0 Å². The third-order valence-electron chi connectivity index (χ3n) is 15.2. The fourth-order valence-corrected chi connectivity index (χ4v) is 12.4. The Morgan fingerprint density at radius 1 is 0.646 bits per heavy atom. The Morgan fingerprint density at radius 2 is 1.33 bits per heavy atom. The van der Waals surface area contributed by atoms with Gasteiger partial charge in [0.2, 0.25) is 0 Å². The van der Waals surface area contributed by atoms with E-state index in [9.17, 15) is 0 Å². The molecule has 9 atom stereocenters. The molecular weight excluding hydrogens is 581 g/mol. The van der Waals surface area contributed by atoms with Crippen LogP contribution in [0, 0.1) is 52.3 Å². The molecule has 2 N–H and O–H groups in total. The van der Waals surface area contributed by atoms with Crippen LogP contribution in [0.15, 0.2) is 30.3 Å². The van der Waals surface area contributed by atoms with Gasteiger partial charge in [-0.25, -0.2) is 0 Å². The Labute approximate surface area is 299 Å². The van der Waals surface area contributed by atoms with Gasteiger partial charge in [-0.05, 0) is 161 Å². The van der Waals surface area contributed by atoms with Crippen molar-refractivity contribution in [3.8, 4) is 0 Å². The van der Waals surface area contributed by atoms with Crippen LogP contribution in [0.25, 0.3) is 0 Å². The van der Waals surface area contributed by atoms with Crippen LogP contribution in [0.1, 0.15) is 175 Å². The summed E-state index contributed by atoms with van der Waals surface area (Å²) in [4.78, 5) is 0. The van der Waals surface area contributed by atoms with Crippen LogP contribution in [-0.4, -0.2) is 25.7 Å². The molecule has 1 aromatic rings. The lowest BCUT2D eigenvalue weighted by molar-refractivity contribution is -0.118. The molecule has 0 aliphatic heterocycles. The third-order valence-corrected chi connectivity index (χ3v) is 15.2. The van der Waals surface area contributed by atoms with Gasteiger partial charge in [0, 0.05) is 6.04 Å². The lowest BCUT2D eigenvalue weighted by atomic mass is 9.44. The predicted molar refractivity (Wildman–Crippen MR) is 209 cm³/mol. The van der Waals surface area contributed by atoms with E-state index in [-0.39, 0.29) is 0 Å². The highest BCUT2D eigenvalue weighted by atomic mass is 14.9. The molecule has 0 amide bonds. The highest BCUT2D eigenvalue weighted by Crippen LogP contribution is 2.68. The molecule has 2 nitrogen and oxygen atoms in total. The molecular formula is C46H80N2. The summed E-state index contributed by atoms with van der Waals surface area (Å²) in [6.07, 6.45) is 31.6. The molecule has 0 aromatic heterocycles. The number of rotatable bonds is 21. The fourth-order valence-electron chi connectivity index (χ4n) is 12.4. The maximum atomic E-state index is 4.04. The van der Waals surface area contributed by atoms with E-state index in [1.165, 1.54) is 147 Å². The van der Waals surface area contributed by atoms with Gasteiger partial charge in [0.05, 0.1) is 0 Å². The molecule has 0 saturated heterocycles. The topological polar surface area (TPSA) is 24.1 Å². The van der Waals surface area contributed by atoms with Gasteiger partial charge >= 0.3 is 0 Å². The minimum atomic E-state index is 0.618. The minimum absolute atomic E-state index is 0.618.